The molecule has 3 rings (SSSR count). The third-order valence-electron chi connectivity index (χ3n) is 3.44. The van der Waals surface area contributed by atoms with Crippen molar-refractivity contribution in [2.45, 2.75) is 20.0 Å². The molecule has 1 N–H and O–H groups in total. The summed E-state index contributed by atoms with van der Waals surface area (Å²) in [5, 5.41) is 7.05. The fourth-order valence-electron chi connectivity index (χ4n) is 2.20. The predicted octanol–water partition coefficient (Wildman–Crippen LogP) is 2.98. The number of amides is 1. The van der Waals surface area contributed by atoms with Crippen molar-refractivity contribution in [1.29, 1.82) is 0 Å². The molecule has 0 fully saturated rings. The summed E-state index contributed by atoms with van der Waals surface area (Å²) < 4.78 is 7.22. The molecular formula is C18H18N4O2. The van der Waals surface area contributed by atoms with Crippen LogP contribution in [0.5, 0.6) is 5.75 Å². The van der Waals surface area contributed by atoms with Gasteiger partial charge in [0.2, 0.25) is 0 Å². The van der Waals surface area contributed by atoms with E-state index in [2.05, 4.69) is 15.4 Å². The van der Waals surface area contributed by atoms with Crippen LogP contribution < -0.4 is 10.1 Å². The van der Waals surface area contributed by atoms with Crippen LogP contribution in [-0.4, -0.2) is 26.8 Å². The Morgan fingerprint density at radius 1 is 1.17 bits per heavy atom. The van der Waals surface area contributed by atoms with E-state index in [-0.39, 0.29) is 5.91 Å². The van der Waals surface area contributed by atoms with Gasteiger partial charge in [-0.3, -0.25) is 4.79 Å². The minimum absolute atomic E-state index is 0.256. The van der Waals surface area contributed by atoms with Crippen molar-refractivity contribution in [1.82, 2.24) is 14.8 Å². The third-order valence-corrected chi connectivity index (χ3v) is 3.44. The van der Waals surface area contributed by atoms with Crippen LogP contribution >= 0.6 is 0 Å². The Morgan fingerprint density at radius 3 is 2.71 bits per heavy atom. The molecule has 0 spiro atoms. The molecule has 0 aliphatic carbocycles. The average molecular weight is 322 g/mol. The summed E-state index contributed by atoms with van der Waals surface area (Å²) in [7, 11) is 0. The summed E-state index contributed by atoms with van der Waals surface area (Å²) >= 11 is 0. The lowest BCUT2D eigenvalue weighted by Gasteiger charge is -2.15. The van der Waals surface area contributed by atoms with Gasteiger partial charge in [0.15, 0.2) is 11.9 Å². The van der Waals surface area contributed by atoms with Crippen LogP contribution in [0.2, 0.25) is 0 Å². The van der Waals surface area contributed by atoms with E-state index in [1.165, 1.54) is 0 Å². The van der Waals surface area contributed by atoms with Gasteiger partial charge >= 0.3 is 0 Å². The van der Waals surface area contributed by atoms with Crippen molar-refractivity contribution >= 4 is 11.7 Å². The van der Waals surface area contributed by atoms with Gasteiger partial charge in [0, 0.05) is 12.3 Å². The van der Waals surface area contributed by atoms with Gasteiger partial charge in [-0.2, -0.15) is 9.78 Å². The Balaban J connectivity index is 1.72. The molecule has 0 saturated carbocycles. The van der Waals surface area contributed by atoms with E-state index in [0.29, 0.717) is 17.4 Å². The summed E-state index contributed by atoms with van der Waals surface area (Å²) in [5.74, 6) is 1.58. The first kappa shape index (κ1) is 15.7. The van der Waals surface area contributed by atoms with Gasteiger partial charge in [-0.25, -0.2) is 4.98 Å². The zero-order valence-corrected chi connectivity index (χ0v) is 13.5. The highest BCUT2D eigenvalue weighted by Gasteiger charge is 2.17. The highest BCUT2D eigenvalue weighted by Crippen LogP contribution is 2.15. The van der Waals surface area contributed by atoms with E-state index in [1.54, 1.807) is 30.1 Å². The first-order chi connectivity index (χ1) is 11.6. The van der Waals surface area contributed by atoms with Crippen LogP contribution in [0.4, 0.5) is 5.82 Å². The maximum absolute atomic E-state index is 12.4. The van der Waals surface area contributed by atoms with E-state index < -0.39 is 6.10 Å². The topological polar surface area (TPSA) is 69.0 Å². The van der Waals surface area contributed by atoms with Crippen molar-refractivity contribution < 1.29 is 9.53 Å². The molecule has 2 aromatic heterocycles. The molecule has 1 amide bonds. The quantitative estimate of drug-likeness (QED) is 0.784. The number of pyridine rings is 1. The van der Waals surface area contributed by atoms with Crippen molar-refractivity contribution in [2.75, 3.05) is 5.32 Å². The number of anilines is 1. The van der Waals surface area contributed by atoms with E-state index in [0.717, 1.165) is 5.56 Å². The minimum Gasteiger partial charge on any atom is -0.481 e. The number of nitrogens with one attached hydrogen (secondary N) is 1. The Bertz CT molecular complexity index is 830. The van der Waals surface area contributed by atoms with Gasteiger partial charge in [-0.15, -0.1) is 0 Å². The van der Waals surface area contributed by atoms with E-state index in [4.69, 9.17) is 4.74 Å². The second-order valence-electron chi connectivity index (χ2n) is 5.38. The van der Waals surface area contributed by atoms with Crippen LogP contribution in [0, 0.1) is 6.92 Å². The van der Waals surface area contributed by atoms with Gasteiger partial charge in [-0.1, -0.05) is 18.2 Å². The lowest BCUT2D eigenvalue weighted by Crippen LogP contribution is -2.31. The number of hydrogen-bond acceptors (Lipinski definition) is 4. The monoisotopic (exact) mass is 322 g/mol. The smallest absolute Gasteiger partial charge is 0.266 e. The average Bonchev–Trinajstić information content (AvgIpc) is 3.04. The molecule has 1 aromatic carbocycles. The second kappa shape index (κ2) is 6.95. The van der Waals surface area contributed by atoms with Crippen molar-refractivity contribution in [3.05, 3.63) is 66.5 Å². The second-order valence-corrected chi connectivity index (χ2v) is 5.38. The van der Waals surface area contributed by atoms with E-state index in [9.17, 15) is 4.79 Å². The number of hydrogen-bond donors (Lipinski definition) is 1. The standard InChI is InChI=1S/C18H18N4O2/c1-13-8-10-19-17(12-13)22-16(9-11-20-22)21-18(23)14(2)24-15-6-4-3-5-7-15/h3-12,14H,1-2H3,(H,21,23)/t14-/m1/s1. The molecule has 0 bridgehead atoms. The van der Waals surface area contributed by atoms with Gasteiger partial charge in [0.25, 0.3) is 5.91 Å². The molecule has 24 heavy (non-hydrogen) atoms. The van der Waals surface area contributed by atoms with Gasteiger partial charge in [0.05, 0.1) is 6.20 Å². The molecule has 0 aliphatic rings. The highest BCUT2D eigenvalue weighted by molar-refractivity contribution is 5.93. The zero-order valence-electron chi connectivity index (χ0n) is 13.5. The molecule has 122 valence electrons. The Kier molecular flexibility index (Phi) is 4.56. The molecule has 2 heterocycles. The largest absolute Gasteiger partial charge is 0.481 e. The summed E-state index contributed by atoms with van der Waals surface area (Å²) in [6.07, 6.45) is 2.68. The van der Waals surface area contributed by atoms with E-state index in [1.807, 2.05) is 49.4 Å². The van der Waals surface area contributed by atoms with Crippen molar-refractivity contribution in [3.8, 4) is 11.6 Å². The van der Waals surface area contributed by atoms with E-state index >= 15 is 0 Å². The number of ether oxygens (including phenoxy) is 1. The Hall–Kier alpha value is -3.15. The van der Waals surface area contributed by atoms with Crippen LogP contribution in [0.1, 0.15) is 12.5 Å². The molecule has 0 unspecified atom stereocenters. The first-order valence-corrected chi connectivity index (χ1v) is 7.63. The van der Waals surface area contributed by atoms with Crippen LogP contribution in [0.25, 0.3) is 5.82 Å². The summed E-state index contributed by atoms with van der Waals surface area (Å²) in [6, 6.07) is 14.8. The fourth-order valence-corrected chi connectivity index (χ4v) is 2.20. The Morgan fingerprint density at radius 2 is 1.96 bits per heavy atom. The number of para-hydroxylation sites is 1. The molecule has 0 aliphatic heterocycles. The molecule has 1 atom stereocenters. The number of nitrogens with zero attached hydrogens (tertiary/aromatic N) is 3. The van der Waals surface area contributed by atoms with Gasteiger partial charge in [-0.05, 0) is 43.7 Å². The fraction of sp³-hybridized carbons (Fsp3) is 0.167. The summed E-state index contributed by atoms with van der Waals surface area (Å²) in [5.41, 5.74) is 1.06. The number of carbonyl (C=O) groups excluding carboxylic acids is 1. The van der Waals surface area contributed by atoms with Gasteiger partial charge in [0.1, 0.15) is 11.6 Å². The molecule has 0 radical (unpaired) electrons. The lowest BCUT2D eigenvalue weighted by atomic mass is 10.3. The lowest BCUT2D eigenvalue weighted by molar-refractivity contribution is -0.122. The van der Waals surface area contributed by atoms with Crippen LogP contribution in [0.3, 0.4) is 0 Å². The molecule has 3 aromatic rings. The summed E-state index contributed by atoms with van der Waals surface area (Å²) in [6.45, 7) is 3.68. The van der Waals surface area contributed by atoms with Crippen molar-refractivity contribution in [3.63, 3.8) is 0 Å². The van der Waals surface area contributed by atoms with Crippen molar-refractivity contribution in [2.24, 2.45) is 0 Å². The van der Waals surface area contributed by atoms with Crippen LogP contribution in [0.15, 0.2) is 60.9 Å². The normalized spacial score (nSPS) is 11.8. The number of rotatable bonds is 5. The van der Waals surface area contributed by atoms with Crippen LogP contribution in [-0.2, 0) is 4.79 Å². The maximum atomic E-state index is 12.4. The number of benzene rings is 1. The molecule has 6 nitrogen and oxygen atoms in total. The minimum atomic E-state index is -0.638. The highest BCUT2D eigenvalue weighted by atomic mass is 16.5. The number of carbonyl (C=O) groups is 1. The first-order valence-electron chi connectivity index (χ1n) is 7.63. The number of aromatic nitrogens is 3. The van der Waals surface area contributed by atoms with Gasteiger partial charge < -0.3 is 10.1 Å². The molecular weight excluding hydrogens is 304 g/mol. The zero-order chi connectivity index (χ0) is 16.9. The maximum Gasteiger partial charge on any atom is 0.266 e. The molecule has 6 heteroatoms. The summed E-state index contributed by atoms with van der Waals surface area (Å²) in [4.78, 5) is 16.6. The third kappa shape index (κ3) is 3.60. The SMILES string of the molecule is Cc1ccnc(-n2nccc2NC(=O)[C@@H](C)Oc2ccccc2)c1. The number of aryl methyl sites for hydroxylation is 1. The predicted molar refractivity (Wildman–Crippen MR) is 91.3 cm³/mol. The Labute approximate surface area is 140 Å². The molecule has 0 saturated heterocycles.